The van der Waals surface area contributed by atoms with E-state index in [0.717, 1.165) is 27.7 Å². The van der Waals surface area contributed by atoms with E-state index < -0.39 is 10.0 Å². The van der Waals surface area contributed by atoms with Gasteiger partial charge in [-0.25, -0.2) is 13.4 Å². The molecule has 0 radical (unpaired) electrons. The molecule has 8 nitrogen and oxygen atoms in total. The van der Waals surface area contributed by atoms with Gasteiger partial charge in [0.15, 0.2) is 16.6 Å². The molecule has 3 heterocycles. The summed E-state index contributed by atoms with van der Waals surface area (Å²) in [6.07, 6.45) is 0.694. The smallest absolute Gasteiger partial charge is 0.243 e. The summed E-state index contributed by atoms with van der Waals surface area (Å²) in [7, 11) is -3.60. The van der Waals surface area contributed by atoms with Crippen LogP contribution in [0.2, 0.25) is 0 Å². The molecule has 3 aromatic rings. The average Bonchev–Trinajstić information content (AvgIpc) is 3.55. The summed E-state index contributed by atoms with van der Waals surface area (Å²) in [5, 5.41) is 2.95. The van der Waals surface area contributed by atoms with E-state index in [-0.39, 0.29) is 11.7 Å². The summed E-state index contributed by atoms with van der Waals surface area (Å²) in [5.41, 5.74) is 3.10. The Morgan fingerprint density at radius 3 is 2.54 bits per heavy atom. The highest BCUT2D eigenvalue weighted by molar-refractivity contribution is 7.89. The highest BCUT2D eigenvalue weighted by atomic mass is 32.2. The Labute approximate surface area is 216 Å². The Morgan fingerprint density at radius 2 is 1.80 bits per heavy atom. The number of aromatic nitrogens is 1. The van der Waals surface area contributed by atoms with E-state index >= 15 is 0 Å². The lowest BCUT2D eigenvalue weighted by Gasteiger charge is -2.33. The molecule has 1 aromatic heterocycles. The molecule has 2 aromatic carbocycles. The van der Waals surface area contributed by atoms with Crippen LogP contribution in [0.1, 0.15) is 30.7 Å². The Hall–Kier alpha value is -2.47. The predicted octanol–water partition coefficient (Wildman–Crippen LogP) is 4.53. The SMILES string of the molecule is CC.Cc1ccc(Cc2csc(N3CCN(S(=O)(=O)c4ccc5c(c4)OCO5)CC3)n2)cc1OS. The van der Waals surface area contributed by atoms with Crippen molar-refractivity contribution in [1.82, 2.24) is 9.29 Å². The summed E-state index contributed by atoms with van der Waals surface area (Å²) in [5.74, 6) is 1.77. The van der Waals surface area contributed by atoms with Gasteiger partial charge in [-0.2, -0.15) is 4.31 Å². The van der Waals surface area contributed by atoms with Crippen molar-refractivity contribution < 1.29 is 22.1 Å². The quantitative estimate of drug-likeness (QED) is 0.367. The topological polar surface area (TPSA) is 81.2 Å². The third-order valence-corrected chi connectivity index (χ3v) is 8.81. The average molecular weight is 536 g/mol. The summed E-state index contributed by atoms with van der Waals surface area (Å²) < 4.78 is 43.4. The van der Waals surface area contributed by atoms with Crippen LogP contribution in [0.4, 0.5) is 5.13 Å². The number of anilines is 1. The molecule has 0 unspecified atom stereocenters. The van der Waals surface area contributed by atoms with Crippen molar-refractivity contribution in [2.24, 2.45) is 0 Å². The van der Waals surface area contributed by atoms with Gasteiger partial charge in [0.1, 0.15) is 5.75 Å². The maximum atomic E-state index is 13.1. The number of nitrogens with zero attached hydrogens (tertiary/aromatic N) is 3. The van der Waals surface area contributed by atoms with Gasteiger partial charge in [-0.05, 0) is 36.2 Å². The van der Waals surface area contributed by atoms with E-state index in [9.17, 15) is 8.42 Å². The van der Waals surface area contributed by atoms with E-state index in [4.69, 9.17) is 18.6 Å². The minimum absolute atomic E-state index is 0.112. The summed E-state index contributed by atoms with van der Waals surface area (Å²) in [6.45, 7) is 8.04. The fraction of sp³-hybridized carbons (Fsp3) is 0.375. The number of aryl methyl sites for hydroxylation is 1. The van der Waals surface area contributed by atoms with E-state index in [0.29, 0.717) is 44.1 Å². The molecule has 11 heteroatoms. The second-order valence-electron chi connectivity index (χ2n) is 7.90. The maximum Gasteiger partial charge on any atom is 0.243 e. The van der Waals surface area contributed by atoms with Gasteiger partial charge in [-0.3, -0.25) is 0 Å². The van der Waals surface area contributed by atoms with Crippen molar-refractivity contribution in [3.05, 3.63) is 58.6 Å². The van der Waals surface area contributed by atoms with Gasteiger partial charge in [0.25, 0.3) is 0 Å². The summed E-state index contributed by atoms with van der Waals surface area (Å²) in [6, 6.07) is 10.8. The van der Waals surface area contributed by atoms with Crippen molar-refractivity contribution in [2.45, 2.75) is 32.1 Å². The monoisotopic (exact) mass is 535 g/mol. The lowest BCUT2D eigenvalue weighted by molar-refractivity contribution is 0.174. The van der Waals surface area contributed by atoms with Gasteiger partial charge in [-0.1, -0.05) is 26.0 Å². The number of piperazine rings is 1. The van der Waals surface area contributed by atoms with Crippen LogP contribution >= 0.6 is 24.2 Å². The van der Waals surface area contributed by atoms with Gasteiger partial charge < -0.3 is 18.6 Å². The Kier molecular flexibility index (Phi) is 8.10. The van der Waals surface area contributed by atoms with Crippen LogP contribution in [-0.2, 0) is 16.4 Å². The number of hydrogen-bond donors (Lipinski definition) is 1. The Balaban J connectivity index is 0.00000141. The Morgan fingerprint density at radius 1 is 1.06 bits per heavy atom. The van der Waals surface area contributed by atoms with E-state index in [1.807, 2.05) is 38.3 Å². The van der Waals surface area contributed by atoms with Crippen LogP contribution in [-0.4, -0.2) is 50.7 Å². The van der Waals surface area contributed by atoms with Crippen LogP contribution in [0.5, 0.6) is 17.2 Å². The lowest BCUT2D eigenvalue weighted by atomic mass is 10.1. The maximum absolute atomic E-state index is 13.1. The minimum Gasteiger partial charge on any atom is -0.454 e. The molecule has 1 fully saturated rings. The normalized spacial score (nSPS) is 15.5. The molecule has 188 valence electrons. The molecule has 0 saturated carbocycles. The second kappa shape index (κ2) is 11.1. The number of hydrogen-bond acceptors (Lipinski definition) is 9. The molecule has 35 heavy (non-hydrogen) atoms. The molecule has 0 bridgehead atoms. The highest BCUT2D eigenvalue weighted by Crippen LogP contribution is 2.35. The first-order chi connectivity index (χ1) is 16.9. The van der Waals surface area contributed by atoms with Gasteiger partial charge in [0.05, 0.1) is 10.6 Å². The number of thiazole rings is 1. The lowest BCUT2D eigenvalue weighted by Crippen LogP contribution is -2.48. The zero-order valence-corrected chi connectivity index (χ0v) is 22.5. The zero-order valence-electron chi connectivity index (χ0n) is 19.9. The number of fused-ring (bicyclic) bond motifs is 1. The van der Waals surface area contributed by atoms with Gasteiger partial charge >= 0.3 is 0 Å². The van der Waals surface area contributed by atoms with Crippen molar-refractivity contribution >= 4 is 39.4 Å². The van der Waals surface area contributed by atoms with Crippen LogP contribution < -0.4 is 18.6 Å². The highest BCUT2D eigenvalue weighted by Gasteiger charge is 2.30. The number of benzene rings is 2. The molecule has 0 spiro atoms. The van der Waals surface area contributed by atoms with Crippen molar-refractivity contribution in [1.29, 1.82) is 0 Å². The van der Waals surface area contributed by atoms with E-state index in [1.165, 1.54) is 10.4 Å². The molecule has 5 rings (SSSR count). The first-order valence-electron chi connectivity index (χ1n) is 11.4. The number of sulfonamides is 1. The van der Waals surface area contributed by atoms with Crippen molar-refractivity contribution in [3.8, 4) is 17.2 Å². The van der Waals surface area contributed by atoms with E-state index in [1.54, 1.807) is 23.5 Å². The molecule has 0 N–H and O–H groups in total. The fourth-order valence-corrected chi connectivity index (χ4v) is 6.40. The van der Waals surface area contributed by atoms with Crippen LogP contribution in [0.15, 0.2) is 46.7 Å². The largest absolute Gasteiger partial charge is 0.454 e. The number of ether oxygens (including phenoxy) is 2. The predicted molar refractivity (Wildman–Crippen MR) is 141 cm³/mol. The molecule has 1 saturated heterocycles. The first kappa shape index (κ1) is 25.6. The molecule has 2 aliphatic heterocycles. The van der Waals surface area contributed by atoms with Crippen molar-refractivity contribution in [2.75, 3.05) is 37.9 Å². The van der Waals surface area contributed by atoms with E-state index in [2.05, 4.69) is 23.9 Å². The molecule has 0 amide bonds. The minimum atomic E-state index is -3.60. The second-order valence-corrected chi connectivity index (χ2v) is 10.9. The van der Waals surface area contributed by atoms with Gasteiger partial charge in [0.2, 0.25) is 16.8 Å². The molecular weight excluding hydrogens is 506 g/mol. The number of rotatable bonds is 6. The third-order valence-electron chi connectivity index (χ3n) is 5.77. The fourth-order valence-electron chi connectivity index (χ4n) is 3.89. The first-order valence-corrected chi connectivity index (χ1v) is 14.1. The Bertz CT molecular complexity index is 1270. The molecule has 0 aliphatic carbocycles. The standard InChI is InChI=1S/C22H23N3O5S3.C2H6/c1-15-2-3-16(11-20(15)30-31)10-17-13-32-22(23-17)24-6-8-25(9-7-24)33(26,27)18-4-5-19-21(12-18)29-14-28-19;1-2/h2-5,11-13,31H,6-10,14H2,1H3;1-2H3. The summed E-state index contributed by atoms with van der Waals surface area (Å²) >= 11 is 5.49. The third kappa shape index (κ3) is 5.53. The molecule has 2 aliphatic rings. The molecule has 0 atom stereocenters. The zero-order chi connectivity index (χ0) is 25.0. The van der Waals surface area contributed by atoms with Crippen LogP contribution in [0, 0.1) is 6.92 Å². The number of thiol groups is 1. The van der Waals surface area contributed by atoms with Crippen LogP contribution in [0.25, 0.3) is 0 Å². The summed E-state index contributed by atoms with van der Waals surface area (Å²) in [4.78, 5) is 7.14. The molecular formula is C24H29N3O5S3. The van der Waals surface area contributed by atoms with Gasteiger partial charge in [0, 0.05) is 57.0 Å². The van der Waals surface area contributed by atoms with Crippen molar-refractivity contribution in [3.63, 3.8) is 0 Å². The van der Waals surface area contributed by atoms with Gasteiger partial charge in [-0.15, -0.1) is 11.3 Å². The van der Waals surface area contributed by atoms with Crippen LogP contribution in [0.3, 0.4) is 0 Å².